The second kappa shape index (κ2) is 10.3. The lowest BCUT2D eigenvalue weighted by Crippen LogP contribution is -2.50. The van der Waals surface area contributed by atoms with E-state index in [1.54, 1.807) is 27.7 Å². The van der Waals surface area contributed by atoms with Gasteiger partial charge in [-0.2, -0.15) is 0 Å². The van der Waals surface area contributed by atoms with Gasteiger partial charge in [0.2, 0.25) is 11.8 Å². The van der Waals surface area contributed by atoms with Gasteiger partial charge in [0.25, 0.3) is 0 Å². The summed E-state index contributed by atoms with van der Waals surface area (Å²) in [5.41, 5.74) is -0.744. The SMILES string of the molecule is CCOC(=O)[C@@H]1[C@@H](C(=O)O)N1C(=O)CNC(=O)[C@H](CC(C)C)NC(=O)OC(C)(C)C. The molecule has 170 valence electrons. The zero-order valence-electron chi connectivity index (χ0n) is 18.2. The number of alkyl carbamates (subject to hydrolysis) is 1. The number of rotatable bonds is 9. The minimum absolute atomic E-state index is 0.0493. The molecule has 0 aromatic carbocycles. The van der Waals surface area contributed by atoms with Crippen molar-refractivity contribution in [3.8, 4) is 0 Å². The van der Waals surface area contributed by atoms with Crippen molar-refractivity contribution < 1.29 is 38.6 Å². The van der Waals surface area contributed by atoms with Crippen LogP contribution in [0, 0.1) is 5.92 Å². The van der Waals surface area contributed by atoms with Crippen LogP contribution in [-0.4, -0.2) is 76.7 Å². The molecule has 1 heterocycles. The molecule has 0 aromatic heterocycles. The summed E-state index contributed by atoms with van der Waals surface area (Å²) >= 11 is 0. The van der Waals surface area contributed by atoms with Crippen LogP contribution in [0.15, 0.2) is 0 Å². The van der Waals surface area contributed by atoms with Gasteiger partial charge in [-0.05, 0) is 40.0 Å². The van der Waals surface area contributed by atoms with Crippen LogP contribution >= 0.6 is 0 Å². The minimum Gasteiger partial charge on any atom is -0.480 e. The first-order chi connectivity index (χ1) is 13.8. The number of nitrogens with zero attached hydrogens (tertiary/aromatic N) is 1. The fourth-order valence-electron chi connectivity index (χ4n) is 2.80. The standard InChI is InChI=1S/C19H31N3O8/c1-7-29-17(27)14-13(16(25)26)22(14)12(23)9-20-15(24)11(8-10(2)3)21-18(28)30-19(4,5)6/h10-11,13-14H,7-9H2,1-6H3,(H,20,24)(H,21,28)(H,25,26)/t11-,13-,14-,22?/m0/s1. The summed E-state index contributed by atoms with van der Waals surface area (Å²) in [6.45, 7) is 9.87. The second-order valence-corrected chi connectivity index (χ2v) is 8.33. The molecule has 0 radical (unpaired) electrons. The summed E-state index contributed by atoms with van der Waals surface area (Å²) in [6, 6.07) is -3.48. The number of carboxylic acid groups (broad SMARTS) is 1. The maximum absolute atomic E-state index is 12.5. The fourth-order valence-corrected chi connectivity index (χ4v) is 2.80. The molecule has 0 spiro atoms. The summed E-state index contributed by atoms with van der Waals surface area (Å²) in [5, 5.41) is 14.0. The average Bonchev–Trinajstić information content (AvgIpc) is 3.33. The van der Waals surface area contributed by atoms with Crippen molar-refractivity contribution in [2.45, 2.75) is 71.7 Å². The molecule has 1 aliphatic heterocycles. The van der Waals surface area contributed by atoms with E-state index in [0.717, 1.165) is 4.90 Å². The van der Waals surface area contributed by atoms with Crippen LogP contribution in [0.1, 0.15) is 48.0 Å². The lowest BCUT2D eigenvalue weighted by Gasteiger charge is -2.24. The topological polar surface area (TPSA) is 151 Å². The van der Waals surface area contributed by atoms with Crippen LogP contribution < -0.4 is 10.6 Å². The van der Waals surface area contributed by atoms with Crippen molar-refractivity contribution in [3.63, 3.8) is 0 Å². The molecular weight excluding hydrogens is 398 g/mol. The van der Waals surface area contributed by atoms with Crippen molar-refractivity contribution >= 4 is 29.8 Å². The number of ether oxygens (including phenoxy) is 2. The summed E-state index contributed by atoms with van der Waals surface area (Å²) in [6.07, 6.45) is -0.472. The number of carbonyl (C=O) groups is 5. The first-order valence-electron chi connectivity index (χ1n) is 9.76. The molecule has 1 saturated heterocycles. The van der Waals surface area contributed by atoms with Crippen molar-refractivity contribution in [1.29, 1.82) is 0 Å². The van der Waals surface area contributed by atoms with Gasteiger partial charge in [0.1, 0.15) is 11.6 Å². The van der Waals surface area contributed by atoms with Crippen molar-refractivity contribution in [2.75, 3.05) is 13.2 Å². The maximum Gasteiger partial charge on any atom is 0.408 e. The van der Waals surface area contributed by atoms with Crippen LogP contribution in [-0.2, 0) is 28.7 Å². The molecule has 0 saturated carbocycles. The lowest BCUT2D eigenvalue weighted by atomic mass is 10.0. The largest absolute Gasteiger partial charge is 0.480 e. The number of hydrogen-bond acceptors (Lipinski definition) is 7. The Morgan fingerprint density at radius 3 is 2.17 bits per heavy atom. The van der Waals surface area contributed by atoms with Crippen molar-refractivity contribution in [3.05, 3.63) is 0 Å². The number of aliphatic carboxylic acids is 1. The molecule has 0 aromatic rings. The molecular formula is C19H31N3O8. The van der Waals surface area contributed by atoms with E-state index in [1.807, 2.05) is 13.8 Å². The third-order valence-electron chi connectivity index (χ3n) is 4.01. The smallest absolute Gasteiger partial charge is 0.408 e. The van der Waals surface area contributed by atoms with Gasteiger partial charge in [-0.3, -0.25) is 9.59 Å². The highest BCUT2D eigenvalue weighted by molar-refractivity contribution is 6.01. The van der Waals surface area contributed by atoms with Gasteiger partial charge in [0.05, 0.1) is 13.2 Å². The predicted octanol–water partition coefficient (Wildman–Crippen LogP) is 0.269. The van der Waals surface area contributed by atoms with Gasteiger partial charge in [-0.1, -0.05) is 13.8 Å². The van der Waals surface area contributed by atoms with Gasteiger partial charge >= 0.3 is 18.0 Å². The van der Waals surface area contributed by atoms with Crippen LogP contribution in [0.3, 0.4) is 0 Å². The Morgan fingerprint density at radius 1 is 1.10 bits per heavy atom. The van der Waals surface area contributed by atoms with E-state index in [1.165, 1.54) is 0 Å². The fraction of sp³-hybridized carbons (Fsp3) is 0.737. The summed E-state index contributed by atoms with van der Waals surface area (Å²) in [4.78, 5) is 60.7. The van der Waals surface area contributed by atoms with Gasteiger partial charge < -0.3 is 30.1 Å². The van der Waals surface area contributed by atoms with Crippen LogP contribution in [0.25, 0.3) is 0 Å². The molecule has 3 amide bonds. The number of carbonyl (C=O) groups excluding carboxylic acids is 4. The highest BCUT2D eigenvalue weighted by atomic mass is 16.6. The van der Waals surface area contributed by atoms with Crippen molar-refractivity contribution in [2.24, 2.45) is 5.92 Å². The van der Waals surface area contributed by atoms with E-state index in [4.69, 9.17) is 14.6 Å². The molecule has 3 atom stereocenters. The first-order valence-corrected chi connectivity index (χ1v) is 9.76. The molecule has 1 aliphatic rings. The summed E-state index contributed by atoms with van der Waals surface area (Å²) < 4.78 is 9.93. The Balaban J connectivity index is 2.71. The average molecular weight is 429 g/mol. The Hall–Kier alpha value is -2.85. The van der Waals surface area contributed by atoms with E-state index in [-0.39, 0.29) is 12.5 Å². The summed E-state index contributed by atoms with van der Waals surface area (Å²) in [5.74, 6) is -3.45. The molecule has 30 heavy (non-hydrogen) atoms. The highest BCUT2D eigenvalue weighted by Gasteiger charge is 2.61. The Kier molecular flexibility index (Phi) is 8.61. The molecule has 11 nitrogen and oxygen atoms in total. The molecule has 1 fully saturated rings. The predicted molar refractivity (Wildman–Crippen MR) is 104 cm³/mol. The van der Waals surface area contributed by atoms with Gasteiger partial charge in [0, 0.05) is 0 Å². The van der Waals surface area contributed by atoms with E-state index in [9.17, 15) is 24.0 Å². The number of nitrogens with one attached hydrogen (secondary N) is 2. The van der Waals surface area contributed by atoms with Crippen LogP contribution in [0.5, 0.6) is 0 Å². The molecule has 0 unspecified atom stereocenters. The van der Waals surface area contributed by atoms with Gasteiger partial charge in [0.15, 0.2) is 12.1 Å². The molecule has 3 N–H and O–H groups in total. The zero-order valence-corrected chi connectivity index (χ0v) is 18.2. The Bertz CT molecular complexity index is 686. The van der Waals surface area contributed by atoms with Crippen LogP contribution in [0.2, 0.25) is 0 Å². The monoisotopic (exact) mass is 429 g/mol. The number of carboxylic acids is 1. The lowest BCUT2D eigenvalue weighted by molar-refractivity contribution is -0.145. The number of amides is 3. The quantitative estimate of drug-likeness (QED) is 0.349. The van der Waals surface area contributed by atoms with Crippen molar-refractivity contribution in [1.82, 2.24) is 15.5 Å². The first kappa shape index (κ1) is 25.2. The van der Waals surface area contributed by atoms with E-state index in [2.05, 4.69) is 10.6 Å². The highest BCUT2D eigenvalue weighted by Crippen LogP contribution is 2.29. The third kappa shape index (κ3) is 7.53. The Morgan fingerprint density at radius 2 is 1.70 bits per heavy atom. The number of hydrogen-bond donors (Lipinski definition) is 3. The number of esters is 1. The van der Waals surface area contributed by atoms with E-state index < -0.39 is 60.1 Å². The van der Waals surface area contributed by atoms with E-state index in [0.29, 0.717) is 6.42 Å². The maximum atomic E-state index is 12.5. The van der Waals surface area contributed by atoms with Crippen LogP contribution in [0.4, 0.5) is 4.79 Å². The minimum atomic E-state index is -1.34. The van der Waals surface area contributed by atoms with Gasteiger partial charge in [-0.15, -0.1) is 0 Å². The normalized spacial score (nSPS) is 19.0. The third-order valence-corrected chi connectivity index (χ3v) is 4.01. The second-order valence-electron chi connectivity index (χ2n) is 8.33. The summed E-state index contributed by atoms with van der Waals surface area (Å²) in [7, 11) is 0. The Labute approximate surface area is 175 Å². The molecule has 1 rings (SSSR count). The zero-order chi connectivity index (χ0) is 23.2. The molecule has 11 heteroatoms. The van der Waals surface area contributed by atoms with Gasteiger partial charge in [-0.25, -0.2) is 14.4 Å². The molecule has 0 bridgehead atoms. The molecule has 0 aliphatic carbocycles. The van der Waals surface area contributed by atoms with E-state index >= 15 is 0 Å².